The summed E-state index contributed by atoms with van der Waals surface area (Å²) in [6, 6.07) is 6.28. The lowest BCUT2D eigenvalue weighted by Gasteiger charge is -2.07. The van der Waals surface area contributed by atoms with E-state index in [1.165, 1.54) is 22.0 Å². The molecule has 84 valence electrons. The quantitative estimate of drug-likeness (QED) is 0.940. The van der Waals surface area contributed by atoms with Gasteiger partial charge < -0.3 is 5.32 Å². The summed E-state index contributed by atoms with van der Waals surface area (Å²) in [6.07, 6.45) is 1.59. The Morgan fingerprint density at radius 1 is 1.50 bits per heavy atom. The van der Waals surface area contributed by atoms with Crippen molar-refractivity contribution in [1.29, 1.82) is 0 Å². The van der Waals surface area contributed by atoms with Gasteiger partial charge in [0.2, 0.25) is 0 Å². The van der Waals surface area contributed by atoms with Crippen molar-refractivity contribution in [2.24, 2.45) is 0 Å². The summed E-state index contributed by atoms with van der Waals surface area (Å²) in [5.41, 5.74) is 1.27. The van der Waals surface area contributed by atoms with Gasteiger partial charge in [0.05, 0.1) is 0 Å². The summed E-state index contributed by atoms with van der Waals surface area (Å²) in [4.78, 5) is 5.39. The second-order valence-corrected chi connectivity index (χ2v) is 6.08. The predicted molar refractivity (Wildman–Crippen MR) is 70.9 cm³/mol. The molecule has 0 spiro atoms. The summed E-state index contributed by atoms with van der Waals surface area (Å²) in [7, 11) is 1.95. The number of hydrogen-bond acceptors (Lipinski definition) is 5. The second kappa shape index (κ2) is 5.77. The zero-order valence-electron chi connectivity index (χ0n) is 8.61. The van der Waals surface area contributed by atoms with Gasteiger partial charge in [0.1, 0.15) is 6.33 Å². The monoisotopic (exact) mass is 315 g/mol. The van der Waals surface area contributed by atoms with Crippen molar-refractivity contribution < 1.29 is 0 Å². The van der Waals surface area contributed by atoms with Crippen LogP contribution < -0.4 is 5.32 Å². The number of hydrogen-bond donors (Lipinski definition) is 1. The van der Waals surface area contributed by atoms with Gasteiger partial charge in [-0.1, -0.05) is 33.8 Å². The second-order valence-electron chi connectivity index (χ2n) is 3.09. The molecule has 0 fully saturated rings. The van der Waals surface area contributed by atoms with E-state index in [2.05, 4.69) is 48.8 Å². The van der Waals surface area contributed by atoms with Crippen molar-refractivity contribution in [3.8, 4) is 0 Å². The maximum absolute atomic E-state index is 4.18. The van der Waals surface area contributed by atoms with Crippen LogP contribution in [0.5, 0.6) is 0 Å². The zero-order chi connectivity index (χ0) is 11.4. The smallest absolute Gasteiger partial charge is 0.174 e. The first-order valence-electron chi connectivity index (χ1n) is 4.67. The summed E-state index contributed by atoms with van der Waals surface area (Å²) in [5.74, 6) is 0. The van der Waals surface area contributed by atoms with Crippen LogP contribution in [0.3, 0.4) is 0 Å². The van der Waals surface area contributed by atoms with Crippen LogP contribution in [-0.4, -0.2) is 16.4 Å². The number of benzene rings is 1. The summed E-state index contributed by atoms with van der Waals surface area (Å²) in [5, 5.41) is 3.16. The molecule has 0 saturated carbocycles. The molecule has 0 aliphatic rings. The maximum Gasteiger partial charge on any atom is 0.174 e. The number of halogens is 1. The Balaban J connectivity index is 2.26. The van der Waals surface area contributed by atoms with Gasteiger partial charge in [-0.25, -0.2) is 4.98 Å². The van der Waals surface area contributed by atoms with Gasteiger partial charge in [-0.15, -0.1) is 0 Å². The van der Waals surface area contributed by atoms with E-state index < -0.39 is 0 Å². The van der Waals surface area contributed by atoms with E-state index in [-0.39, 0.29) is 0 Å². The van der Waals surface area contributed by atoms with E-state index in [1.54, 1.807) is 18.1 Å². The van der Waals surface area contributed by atoms with Gasteiger partial charge in [0.15, 0.2) is 4.34 Å². The lowest BCUT2D eigenvalue weighted by atomic mass is 10.2. The molecule has 0 amide bonds. The highest BCUT2D eigenvalue weighted by Gasteiger charge is 2.06. The van der Waals surface area contributed by atoms with Crippen LogP contribution in [0.2, 0.25) is 0 Å². The first-order chi connectivity index (χ1) is 7.79. The van der Waals surface area contributed by atoms with Crippen molar-refractivity contribution >= 4 is 39.2 Å². The van der Waals surface area contributed by atoms with Gasteiger partial charge in [0.25, 0.3) is 0 Å². The third-order valence-electron chi connectivity index (χ3n) is 1.93. The highest BCUT2D eigenvalue weighted by atomic mass is 79.9. The molecule has 6 heteroatoms. The number of nitrogens with zero attached hydrogens (tertiary/aromatic N) is 2. The molecule has 0 saturated heterocycles. The SMILES string of the molecule is CNCc1ccc(Br)cc1Sc1ncns1. The van der Waals surface area contributed by atoms with Gasteiger partial charge in [-0.3, -0.25) is 0 Å². The van der Waals surface area contributed by atoms with Crippen LogP contribution in [0.15, 0.2) is 38.2 Å². The van der Waals surface area contributed by atoms with Crippen molar-refractivity contribution in [3.05, 3.63) is 34.6 Å². The van der Waals surface area contributed by atoms with Crippen LogP contribution in [0.4, 0.5) is 0 Å². The van der Waals surface area contributed by atoms with E-state index >= 15 is 0 Å². The summed E-state index contributed by atoms with van der Waals surface area (Å²) in [6.45, 7) is 0.856. The van der Waals surface area contributed by atoms with Crippen molar-refractivity contribution in [3.63, 3.8) is 0 Å². The van der Waals surface area contributed by atoms with Crippen LogP contribution >= 0.6 is 39.2 Å². The molecule has 3 nitrogen and oxygen atoms in total. The van der Waals surface area contributed by atoms with E-state index in [9.17, 15) is 0 Å². The van der Waals surface area contributed by atoms with Crippen molar-refractivity contribution in [1.82, 2.24) is 14.7 Å². The summed E-state index contributed by atoms with van der Waals surface area (Å²) >= 11 is 6.55. The molecule has 1 aromatic heterocycles. The standard InChI is InChI=1S/C10H10BrN3S2/c1-12-5-7-2-3-8(11)4-9(7)15-10-13-6-14-16-10/h2-4,6,12H,5H2,1H3. The summed E-state index contributed by atoms with van der Waals surface area (Å²) < 4.78 is 6.05. The maximum atomic E-state index is 4.18. The van der Waals surface area contributed by atoms with Gasteiger partial charge in [-0.2, -0.15) is 4.37 Å². The zero-order valence-corrected chi connectivity index (χ0v) is 11.8. The largest absolute Gasteiger partial charge is 0.316 e. The van der Waals surface area contributed by atoms with E-state index in [1.807, 2.05) is 7.05 Å². The van der Waals surface area contributed by atoms with Crippen LogP contribution in [-0.2, 0) is 6.54 Å². The average molecular weight is 316 g/mol. The molecule has 2 aromatic rings. The predicted octanol–water partition coefficient (Wildman–Crippen LogP) is 3.17. The molecule has 1 N–H and O–H groups in total. The van der Waals surface area contributed by atoms with Gasteiger partial charge in [0, 0.05) is 15.9 Å². The van der Waals surface area contributed by atoms with Crippen LogP contribution in [0, 0.1) is 0 Å². The van der Waals surface area contributed by atoms with E-state index in [0.29, 0.717) is 0 Å². The molecular weight excluding hydrogens is 306 g/mol. The fourth-order valence-corrected chi connectivity index (χ4v) is 3.35. The van der Waals surface area contributed by atoms with Gasteiger partial charge >= 0.3 is 0 Å². The highest BCUT2D eigenvalue weighted by Crippen LogP contribution is 2.32. The molecule has 0 aliphatic heterocycles. The molecule has 0 bridgehead atoms. The molecule has 0 atom stereocenters. The first-order valence-corrected chi connectivity index (χ1v) is 7.05. The molecule has 1 aromatic carbocycles. The van der Waals surface area contributed by atoms with Gasteiger partial charge in [-0.05, 0) is 36.3 Å². The Morgan fingerprint density at radius 3 is 3.06 bits per heavy atom. The normalized spacial score (nSPS) is 10.6. The third-order valence-corrected chi connectivity index (χ3v) is 4.24. The first kappa shape index (κ1) is 12.0. The van der Waals surface area contributed by atoms with E-state index in [0.717, 1.165) is 15.4 Å². The Hall–Kier alpha value is -0.430. The Labute approximate surface area is 111 Å². The fraction of sp³-hybridized carbons (Fsp3) is 0.200. The Kier molecular flexibility index (Phi) is 4.34. The lowest BCUT2D eigenvalue weighted by Crippen LogP contribution is -2.05. The van der Waals surface area contributed by atoms with Crippen LogP contribution in [0.25, 0.3) is 0 Å². The minimum atomic E-state index is 0.856. The fourth-order valence-electron chi connectivity index (χ4n) is 1.26. The highest BCUT2D eigenvalue weighted by molar-refractivity contribution is 9.10. The lowest BCUT2D eigenvalue weighted by molar-refractivity contribution is 0.803. The minimum Gasteiger partial charge on any atom is -0.316 e. The third kappa shape index (κ3) is 3.04. The topological polar surface area (TPSA) is 37.8 Å². The number of nitrogens with one attached hydrogen (secondary N) is 1. The van der Waals surface area contributed by atoms with E-state index in [4.69, 9.17) is 0 Å². The molecular formula is C10H10BrN3S2. The molecule has 16 heavy (non-hydrogen) atoms. The van der Waals surface area contributed by atoms with Crippen molar-refractivity contribution in [2.45, 2.75) is 15.8 Å². The molecule has 1 heterocycles. The Bertz CT molecular complexity index is 459. The minimum absolute atomic E-state index is 0.856. The Morgan fingerprint density at radius 2 is 2.38 bits per heavy atom. The number of aromatic nitrogens is 2. The number of rotatable bonds is 4. The van der Waals surface area contributed by atoms with Crippen LogP contribution in [0.1, 0.15) is 5.56 Å². The molecule has 0 unspecified atom stereocenters. The average Bonchev–Trinajstić information content (AvgIpc) is 2.75. The van der Waals surface area contributed by atoms with Crippen molar-refractivity contribution in [2.75, 3.05) is 7.05 Å². The molecule has 0 radical (unpaired) electrons. The molecule has 0 aliphatic carbocycles. The molecule has 2 rings (SSSR count).